The largest absolute Gasteiger partial charge is 1.00 e. The van der Waals surface area contributed by atoms with Crippen molar-refractivity contribution in [1.29, 1.82) is 0 Å². The van der Waals surface area contributed by atoms with E-state index in [0.29, 0.717) is 33.1 Å². The summed E-state index contributed by atoms with van der Waals surface area (Å²) in [6.45, 7) is 4.30. The smallest absolute Gasteiger partial charge is 0.167 e. The quantitative estimate of drug-likeness (QED) is 0.409. The fourth-order valence-electron chi connectivity index (χ4n) is 3.90. The molecule has 3 unspecified atom stereocenters. The monoisotopic (exact) mass is 591 g/mol. The summed E-state index contributed by atoms with van der Waals surface area (Å²) in [5.41, 5.74) is 0.313. The molecule has 8 heteroatoms. The molecule has 1 fully saturated rings. The standard InChI is InChI=1S/C25H26Cl4NO2.BrH/c1-3-30(2)13-12-25(32,11-10-18-5-8-21(27)23(29)15-18)19(16-30)24(31)9-6-17-4-7-20(26)22(28)14-17;/h4-11,14-15,19,32H,3,12-13,16H2,1-2H3;1H/q+1;/p-1/b9-6+,11-10+;. The fraction of sp³-hybridized carbons (Fsp3) is 0.320. The van der Waals surface area contributed by atoms with Gasteiger partial charge in [0.2, 0.25) is 0 Å². The molecule has 0 bridgehead atoms. The Labute approximate surface area is 225 Å². The maximum absolute atomic E-state index is 13.3. The van der Waals surface area contributed by atoms with Gasteiger partial charge in [-0.2, -0.15) is 0 Å². The first-order valence-corrected chi connectivity index (χ1v) is 11.9. The van der Waals surface area contributed by atoms with E-state index in [1.54, 1.807) is 48.6 Å². The van der Waals surface area contributed by atoms with Crippen molar-refractivity contribution in [2.45, 2.75) is 18.9 Å². The van der Waals surface area contributed by atoms with E-state index in [9.17, 15) is 9.90 Å². The number of benzene rings is 2. The van der Waals surface area contributed by atoms with Crippen LogP contribution in [0.1, 0.15) is 24.5 Å². The lowest BCUT2D eigenvalue weighted by Gasteiger charge is -2.46. The maximum atomic E-state index is 13.3. The van der Waals surface area contributed by atoms with E-state index in [2.05, 4.69) is 14.0 Å². The van der Waals surface area contributed by atoms with Crippen molar-refractivity contribution >= 4 is 64.3 Å². The summed E-state index contributed by atoms with van der Waals surface area (Å²) >= 11 is 24.2. The van der Waals surface area contributed by atoms with Gasteiger partial charge in [-0.05, 0) is 48.4 Å². The minimum atomic E-state index is -1.27. The molecule has 1 aliphatic rings. The molecule has 1 N–H and O–H groups in total. The Morgan fingerprint density at radius 1 is 1.03 bits per heavy atom. The van der Waals surface area contributed by atoms with Gasteiger partial charge in [0.15, 0.2) is 5.78 Å². The summed E-state index contributed by atoms with van der Waals surface area (Å²) in [7, 11) is 2.12. The van der Waals surface area contributed by atoms with Gasteiger partial charge in [-0.25, -0.2) is 0 Å². The van der Waals surface area contributed by atoms with Crippen LogP contribution in [0.15, 0.2) is 48.6 Å². The molecule has 178 valence electrons. The van der Waals surface area contributed by atoms with Gasteiger partial charge in [0.1, 0.15) is 11.5 Å². The highest BCUT2D eigenvalue weighted by Gasteiger charge is 2.48. The van der Waals surface area contributed by atoms with Crippen LogP contribution in [0.2, 0.25) is 20.1 Å². The lowest BCUT2D eigenvalue weighted by atomic mass is 9.76. The summed E-state index contributed by atoms with van der Waals surface area (Å²) in [4.78, 5) is 13.3. The van der Waals surface area contributed by atoms with Crippen LogP contribution in [0.5, 0.6) is 0 Å². The molecule has 0 aliphatic carbocycles. The molecule has 0 spiro atoms. The van der Waals surface area contributed by atoms with Crippen molar-refractivity contribution in [1.82, 2.24) is 0 Å². The van der Waals surface area contributed by atoms with Crippen molar-refractivity contribution in [3.05, 3.63) is 79.8 Å². The second kappa shape index (κ2) is 11.7. The Morgan fingerprint density at radius 2 is 1.58 bits per heavy atom. The molecule has 0 amide bonds. The van der Waals surface area contributed by atoms with Gasteiger partial charge < -0.3 is 26.6 Å². The third kappa shape index (κ3) is 7.08. The summed E-state index contributed by atoms with van der Waals surface area (Å²) < 4.78 is 0.722. The number of aliphatic hydroxyl groups is 1. The van der Waals surface area contributed by atoms with Crippen LogP contribution >= 0.6 is 46.4 Å². The Hall–Kier alpha value is -0.850. The van der Waals surface area contributed by atoms with Gasteiger partial charge in [0.25, 0.3) is 0 Å². The molecule has 0 saturated carbocycles. The molecule has 3 atom stereocenters. The van der Waals surface area contributed by atoms with E-state index >= 15 is 0 Å². The fourth-order valence-corrected chi connectivity index (χ4v) is 4.52. The van der Waals surface area contributed by atoms with Crippen LogP contribution in [-0.4, -0.2) is 47.7 Å². The maximum Gasteiger partial charge on any atom is 0.167 e. The molecule has 2 aromatic rings. The Balaban J connectivity index is 0.00000385. The van der Waals surface area contributed by atoms with E-state index in [4.69, 9.17) is 46.4 Å². The van der Waals surface area contributed by atoms with Crippen molar-refractivity contribution in [2.24, 2.45) is 5.92 Å². The van der Waals surface area contributed by atoms with Gasteiger partial charge in [0.05, 0.1) is 46.8 Å². The number of piperidine rings is 1. The number of likely N-dealkylation sites (tertiary alicyclic amines) is 1. The highest BCUT2D eigenvalue weighted by atomic mass is 79.9. The van der Waals surface area contributed by atoms with E-state index in [1.165, 1.54) is 6.08 Å². The second-order valence-corrected chi connectivity index (χ2v) is 10.2. The molecular weight excluding hydrogens is 568 g/mol. The first-order valence-electron chi connectivity index (χ1n) is 10.4. The van der Waals surface area contributed by atoms with Crippen molar-refractivity contribution in [2.75, 3.05) is 26.7 Å². The van der Waals surface area contributed by atoms with E-state index < -0.39 is 11.5 Å². The molecule has 33 heavy (non-hydrogen) atoms. The Kier molecular flexibility index (Phi) is 10.1. The van der Waals surface area contributed by atoms with Crippen LogP contribution in [0.25, 0.3) is 12.2 Å². The topological polar surface area (TPSA) is 37.3 Å². The minimum absolute atomic E-state index is 0. The zero-order valence-corrected chi connectivity index (χ0v) is 23.0. The van der Waals surface area contributed by atoms with Gasteiger partial charge in [0, 0.05) is 6.42 Å². The zero-order chi connectivity index (χ0) is 23.5. The molecular formula is C25H26BrCl4NO2. The van der Waals surface area contributed by atoms with Crippen LogP contribution in [0.3, 0.4) is 0 Å². The molecule has 3 rings (SSSR count). The molecule has 1 aliphatic heterocycles. The van der Waals surface area contributed by atoms with E-state index in [1.807, 2.05) is 6.07 Å². The zero-order valence-electron chi connectivity index (χ0n) is 18.4. The number of halogens is 5. The minimum Gasteiger partial charge on any atom is -1.00 e. The highest BCUT2D eigenvalue weighted by Crippen LogP contribution is 2.35. The summed E-state index contributed by atoms with van der Waals surface area (Å²) in [5, 5.41) is 13.3. The van der Waals surface area contributed by atoms with Crippen LogP contribution in [-0.2, 0) is 4.79 Å². The van der Waals surface area contributed by atoms with Crippen molar-refractivity contribution < 1.29 is 31.4 Å². The first kappa shape index (κ1) is 28.4. The molecule has 2 aromatic carbocycles. The average Bonchev–Trinajstić information content (AvgIpc) is 2.77. The normalized spacial score (nSPS) is 25.4. The molecule has 1 heterocycles. The van der Waals surface area contributed by atoms with Crippen molar-refractivity contribution in [3.8, 4) is 0 Å². The summed E-state index contributed by atoms with van der Waals surface area (Å²) in [5.74, 6) is -0.714. The number of carbonyl (C=O) groups excluding carboxylic acids is 1. The lowest BCUT2D eigenvalue weighted by molar-refractivity contribution is -0.916. The summed E-state index contributed by atoms with van der Waals surface area (Å²) in [6.07, 6.45) is 7.23. The van der Waals surface area contributed by atoms with Crippen molar-refractivity contribution in [3.63, 3.8) is 0 Å². The van der Waals surface area contributed by atoms with Crippen LogP contribution < -0.4 is 17.0 Å². The number of hydrogen-bond donors (Lipinski definition) is 1. The number of rotatable bonds is 6. The number of carbonyl (C=O) groups is 1. The first-order chi connectivity index (χ1) is 15.0. The van der Waals surface area contributed by atoms with Gasteiger partial charge in [-0.15, -0.1) is 0 Å². The van der Waals surface area contributed by atoms with E-state index in [0.717, 1.165) is 28.7 Å². The highest BCUT2D eigenvalue weighted by molar-refractivity contribution is 6.42. The number of ketones is 1. The predicted molar refractivity (Wildman–Crippen MR) is 136 cm³/mol. The molecule has 0 radical (unpaired) electrons. The number of quaternary nitrogens is 1. The number of hydrogen-bond acceptors (Lipinski definition) is 2. The number of nitrogens with zero attached hydrogens (tertiary/aromatic N) is 1. The van der Waals surface area contributed by atoms with Gasteiger partial charge in [-0.1, -0.05) is 76.8 Å². The van der Waals surface area contributed by atoms with Gasteiger partial charge in [-0.3, -0.25) is 4.79 Å². The third-order valence-corrected chi connectivity index (χ3v) is 7.76. The molecule has 3 nitrogen and oxygen atoms in total. The third-order valence-electron chi connectivity index (χ3n) is 6.28. The van der Waals surface area contributed by atoms with E-state index in [-0.39, 0.29) is 22.8 Å². The summed E-state index contributed by atoms with van der Waals surface area (Å²) in [6, 6.07) is 10.5. The Bertz CT molecular complexity index is 1070. The Morgan fingerprint density at radius 3 is 2.09 bits per heavy atom. The SMILES string of the molecule is CC[N+]1(C)CCC(O)(/C=C/c2ccc(Cl)c(Cl)c2)C(C(=O)/C=C/c2ccc(Cl)c(Cl)c2)C1.[Br-]. The lowest BCUT2D eigenvalue weighted by Crippen LogP contribution is -3.00. The van der Waals surface area contributed by atoms with Gasteiger partial charge >= 0.3 is 0 Å². The van der Waals surface area contributed by atoms with Crippen LogP contribution in [0.4, 0.5) is 0 Å². The second-order valence-electron chi connectivity index (χ2n) is 8.55. The average molecular weight is 594 g/mol. The van der Waals surface area contributed by atoms with Crippen LogP contribution in [0, 0.1) is 5.92 Å². The number of allylic oxidation sites excluding steroid dienone is 1. The predicted octanol–water partition coefficient (Wildman–Crippen LogP) is 3.82. The molecule has 1 saturated heterocycles. The molecule has 0 aromatic heterocycles.